The van der Waals surface area contributed by atoms with Crippen LogP contribution in [-0.4, -0.2) is 6.04 Å². The molecule has 1 rings (SSSR count). The number of benzene rings is 1. The summed E-state index contributed by atoms with van der Waals surface area (Å²) in [6.07, 6.45) is 2.21. The Kier molecular flexibility index (Phi) is 5.06. The van der Waals surface area contributed by atoms with Crippen molar-refractivity contribution in [2.75, 3.05) is 0 Å². The van der Waals surface area contributed by atoms with Gasteiger partial charge in [-0.1, -0.05) is 31.5 Å². The third kappa shape index (κ3) is 3.80. The van der Waals surface area contributed by atoms with Crippen molar-refractivity contribution in [3.63, 3.8) is 0 Å². The molecule has 0 unspecified atom stereocenters. The number of nitrogens with one attached hydrogen (secondary N) is 1. The molecule has 0 aliphatic carbocycles. The van der Waals surface area contributed by atoms with Crippen molar-refractivity contribution < 1.29 is 4.39 Å². The van der Waals surface area contributed by atoms with Gasteiger partial charge in [0, 0.05) is 12.6 Å². The van der Waals surface area contributed by atoms with Gasteiger partial charge < -0.3 is 5.32 Å². The lowest BCUT2D eigenvalue weighted by atomic mass is 10.1. The van der Waals surface area contributed by atoms with E-state index in [1.807, 2.05) is 0 Å². The van der Waals surface area contributed by atoms with Crippen LogP contribution in [0.1, 0.15) is 32.3 Å². The predicted molar refractivity (Wildman–Crippen MR) is 62.6 cm³/mol. The molecule has 0 amide bonds. The topological polar surface area (TPSA) is 12.0 Å². The van der Waals surface area contributed by atoms with Gasteiger partial charge in [-0.3, -0.25) is 0 Å². The van der Waals surface area contributed by atoms with Gasteiger partial charge in [-0.25, -0.2) is 4.39 Å². The molecule has 0 saturated heterocycles. The first kappa shape index (κ1) is 12.5. The van der Waals surface area contributed by atoms with Gasteiger partial charge in [-0.2, -0.15) is 0 Å². The van der Waals surface area contributed by atoms with Crippen molar-refractivity contribution in [1.29, 1.82) is 0 Å². The zero-order valence-electron chi connectivity index (χ0n) is 9.19. The van der Waals surface area contributed by atoms with Crippen LogP contribution < -0.4 is 5.32 Å². The first-order chi connectivity index (χ1) is 7.17. The van der Waals surface area contributed by atoms with E-state index in [4.69, 9.17) is 11.6 Å². The van der Waals surface area contributed by atoms with Gasteiger partial charge in [0.25, 0.3) is 0 Å². The Morgan fingerprint density at radius 2 is 2.00 bits per heavy atom. The minimum absolute atomic E-state index is 0.193. The highest BCUT2D eigenvalue weighted by Gasteiger charge is 2.04. The molecule has 15 heavy (non-hydrogen) atoms. The predicted octanol–water partition coefficient (Wildman–Crippen LogP) is 3.76. The van der Waals surface area contributed by atoms with Gasteiger partial charge in [0.05, 0.1) is 5.02 Å². The summed E-state index contributed by atoms with van der Waals surface area (Å²) >= 11 is 5.69. The number of hydrogen-bond acceptors (Lipinski definition) is 1. The van der Waals surface area contributed by atoms with Gasteiger partial charge in [-0.05, 0) is 30.5 Å². The molecule has 0 heterocycles. The van der Waals surface area contributed by atoms with Crippen LogP contribution in [0, 0.1) is 5.82 Å². The average Bonchev–Trinajstić information content (AvgIpc) is 2.24. The molecule has 84 valence electrons. The molecule has 0 saturated carbocycles. The van der Waals surface area contributed by atoms with Gasteiger partial charge in [0.1, 0.15) is 5.82 Å². The smallest absolute Gasteiger partial charge is 0.141 e. The normalized spacial score (nSPS) is 11.0. The first-order valence-electron chi connectivity index (χ1n) is 5.34. The quantitative estimate of drug-likeness (QED) is 0.811. The maximum absolute atomic E-state index is 12.9. The maximum atomic E-state index is 12.9. The third-order valence-corrected chi connectivity index (χ3v) is 2.85. The molecular formula is C12H17ClFN. The second-order valence-electron chi connectivity index (χ2n) is 3.64. The van der Waals surface area contributed by atoms with Crippen molar-refractivity contribution in [3.8, 4) is 0 Å². The first-order valence-corrected chi connectivity index (χ1v) is 5.72. The van der Waals surface area contributed by atoms with E-state index in [1.165, 1.54) is 6.07 Å². The van der Waals surface area contributed by atoms with E-state index >= 15 is 0 Å². The summed E-state index contributed by atoms with van der Waals surface area (Å²) < 4.78 is 12.9. The Morgan fingerprint density at radius 3 is 2.53 bits per heavy atom. The van der Waals surface area contributed by atoms with Crippen LogP contribution >= 0.6 is 11.6 Å². The van der Waals surface area contributed by atoms with E-state index in [2.05, 4.69) is 19.2 Å². The summed E-state index contributed by atoms with van der Waals surface area (Å²) in [6, 6.07) is 5.36. The monoisotopic (exact) mass is 229 g/mol. The van der Waals surface area contributed by atoms with Crippen LogP contribution in [0.3, 0.4) is 0 Å². The van der Waals surface area contributed by atoms with E-state index < -0.39 is 0 Å². The van der Waals surface area contributed by atoms with Crippen molar-refractivity contribution in [2.45, 2.75) is 39.3 Å². The molecule has 1 aromatic carbocycles. The molecule has 0 bridgehead atoms. The van der Waals surface area contributed by atoms with Crippen LogP contribution in [0.2, 0.25) is 5.02 Å². The average molecular weight is 230 g/mol. The standard InChI is InChI=1S/C12H17ClFN/c1-3-10(4-2)15-8-9-5-6-12(14)11(13)7-9/h5-7,10,15H,3-4,8H2,1-2H3. The van der Waals surface area contributed by atoms with Gasteiger partial charge >= 0.3 is 0 Å². The Labute approximate surface area is 95.6 Å². The van der Waals surface area contributed by atoms with Crippen molar-refractivity contribution >= 4 is 11.6 Å². The SMILES string of the molecule is CCC(CC)NCc1ccc(F)c(Cl)c1. The zero-order chi connectivity index (χ0) is 11.3. The van der Waals surface area contributed by atoms with Crippen LogP contribution in [0.25, 0.3) is 0 Å². The molecule has 0 aliphatic rings. The fraction of sp³-hybridized carbons (Fsp3) is 0.500. The molecule has 1 aromatic rings. The second-order valence-corrected chi connectivity index (χ2v) is 4.05. The molecule has 3 heteroatoms. The fourth-order valence-corrected chi connectivity index (χ4v) is 1.69. The van der Waals surface area contributed by atoms with Crippen LogP contribution in [0.4, 0.5) is 4.39 Å². The highest BCUT2D eigenvalue weighted by molar-refractivity contribution is 6.30. The van der Waals surface area contributed by atoms with Gasteiger partial charge in [0.15, 0.2) is 0 Å². The van der Waals surface area contributed by atoms with Crippen LogP contribution in [0.15, 0.2) is 18.2 Å². The molecule has 1 N–H and O–H groups in total. The van der Waals surface area contributed by atoms with E-state index in [-0.39, 0.29) is 10.8 Å². The summed E-state index contributed by atoms with van der Waals surface area (Å²) in [5, 5.41) is 3.59. The van der Waals surface area contributed by atoms with Gasteiger partial charge in [0.2, 0.25) is 0 Å². The number of hydrogen-bond donors (Lipinski definition) is 1. The highest BCUT2D eigenvalue weighted by atomic mass is 35.5. The summed E-state index contributed by atoms with van der Waals surface area (Å²) in [5.74, 6) is -0.358. The molecule has 0 spiro atoms. The number of rotatable bonds is 5. The summed E-state index contributed by atoms with van der Waals surface area (Å²) in [6.45, 7) is 5.05. The Balaban J connectivity index is 2.54. The van der Waals surface area contributed by atoms with Crippen molar-refractivity contribution in [2.24, 2.45) is 0 Å². The zero-order valence-corrected chi connectivity index (χ0v) is 9.94. The minimum atomic E-state index is -0.358. The van der Waals surface area contributed by atoms with E-state index in [0.29, 0.717) is 6.04 Å². The Bertz CT molecular complexity index is 310. The molecule has 0 aliphatic heterocycles. The van der Waals surface area contributed by atoms with Crippen molar-refractivity contribution in [3.05, 3.63) is 34.6 Å². The van der Waals surface area contributed by atoms with Crippen LogP contribution in [0.5, 0.6) is 0 Å². The lowest BCUT2D eigenvalue weighted by Gasteiger charge is -2.14. The van der Waals surface area contributed by atoms with Gasteiger partial charge in [-0.15, -0.1) is 0 Å². The lowest BCUT2D eigenvalue weighted by Crippen LogP contribution is -2.26. The molecule has 0 radical (unpaired) electrons. The summed E-state index contributed by atoms with van der Waals surface area (Å²) in [4.78, 5) is 0. The van der Waals surface area contributed by atoms with Crippen molar-refractivity contribution in [1.82, 2.24) is 5.32 Å². The summed E-state index contributed by atoms with van der Waals surface area (Å²) in [7, 11) is 0. The molecule has 0 fully saturated rings. The second kappa shape index (κ2) is 6.09. The Hall–Kier alpha value is -0.600. The lowest BCUT2D eigenvalue weighted by molar-refractivity contribution is 0.484. The van der Waals surface area contributed by atoms with E-state index in [0.717, 1.165) is 24.9 Å². The van der Waals surface area contributed by atoms with E-state index in [1.54, 1.807) is 12.1 Å². The third-order valence-electron chi connectivity index (χ3n) is 2.56. The minimum Gasteiger partial charge on any atom is -0.310 e. The highest BCUT2D eigenvalue weighted by Crippen LogP contribution is 2.16. The molecule has 0 atom stereocenters. The maximum Gasteiger partial charge on any atom is 0.141 e. The molecule has 0 aromatic heterocycles. The molecule has 1 nitrogen and oxygen atoms in total. The number of halogens is 2. The molecular weight excluding hydrogens is 213 g/mol. The van der Waals surface area contributed by atoms with Crippen LogP contribution in [-0.2, 0) is 6.54 Å². The summed E-state index contributed by atoms with van der Waals surface area (Å²) in [5.41, 5.74) is 1.02. The fourth-order valence-electron chi connectivity index (χ4n) is 1.49. The Morgan fingerprint density at radius 1 is 1.33 bits per heavy atom. The largest absolute Gasteiger partial charge is 0.310 e. The van der Waals surface area contributed by atoms with E-state index in [9.17, 15) is 4.39 Å².